The van der Waals surface area contributed by atoms with E-state index in [0.29, 0.717) is 6.54 Å². The Hall–Kier alpha value is -1.39. The van der Waals surface area contributed by atoms with Crippen LogP contribution in [-0.4, -0.2) is 12.6 Å². The molecule has 0 radical (unpaired) electrons. The Balaban J connectivity index is 2.39. The van der Waals surface area contributed by atoms with Gasteiger partial charge in [-0.3, -0.25) is 0 Å². The molecule has 2 nitrogen and oxygen atoms in total. The zero-order valence-corrected chi connectivity index (χ0v) is 11.7. The fraction of sp³-hybridized carbons (Fsp3) is 0.600. The van der Waals surface area contributed by atoms with Gasteiger partial charge in [-0.2, -0.15) is 13.2 Å². The lowest BCUT2D eigenvalue weighted by Gasteiger charge is -2.39. The summed E-state index contributed by atoms with van der Waals surface area (Å²) in [4.78, 5) is 1.93. The van der Waals surface area contributed by atoms with Crippen LogP contribution < -0.4 is 10.6 Å². The van der Waals surface area contributed by atoms with E-state index in [0.717, 1.165) is 38.2 Å². The molecule has 20 heavy (non-hydrogen) atoms. The number of hydrogen-bond acceptors (Lipinski definition) is 2. The molecule has 0 aromatic heterocycles. The number of benzene rings is 1. The van der Waals surface area contributed by atoms with E-state index in [1.807, 2.05) is 4.90 Å². The van der Waals surface area contributed by atoms with Crippen LogP contribution in [0.15, 0.2) is 18.2 Å². The third kappa shape index (κ3) is 3.19. The van der Waals surface area contributed by atoms with Gasteiger partial charge >= 0.3 is 6.18 Å². The predicted molar refractivity (Wildman–Crippen MR) is 75.7 cm³/mol. The minimum atomic E-state index is -4.36. The smallest absolute Gasteiger partial charge is 0.399 e. The number of nitrogen functional groups attached to an aromatic ring is 1. The van der Waals surface area contributed by atoms with Crippen molar-refractivity contribution in [2.24, 2.45) is 0 Å². The molecule has 1 aliphatic rings. The molecule has 0 saturated carbocycles. The largest absolute Gasteiger partial charge is 0.418 e. The van der Waals surface area contributed by atoms with Crippen LogP contribution in [-0.2, 0) is 6.18 Å². The van der Waals surface area contributed by atoms with E-state index in [9.17, 15) is 13.2 Å². The van der Waals surface area contributed by atoms with Gasteiger partial charge in [-0.05, 0) is 43.9 Å². The summed E-state index contributed by atoms with van der Waals surface area (Å²) in [6, 6.07) is 4.33. The molecule has 0 aliphatic carbocycles. The Labute approximate surface area is 117 Å². The van der Waals surface area contributed by atoms with Gasteiger partial charge in [0.05, 0.1) is 5.56 Å². The average Bonchev–Trinajstić information content (AvgIpc) is 2.39. The number of anilines is 2. The third-order valence-corrected chi connectivity index (χ3v) is 3.88. The van der Waals surface area contributed by atoms with Crippen LogP contribution in [0.1, 0.15) is 44.6 Å². The molecule has 1 unspecified atom stereocenters. The molecule has 2 rings (SSSR count). The molecule has 1 saturated heterocycles. The van der Waals surface area contributed by atoms with Crippen LogP contribution in [0.5, 0.6) is 0 Å². The summed E-state index contributed by atoms with van der Waals surface area (Å²) in [5.41, 5.74) is 5.36. The molecule has 1 aromatic rings. The van der Waals surface area contributed by atoms with E-state index >= 15 is 0 Å². The van der Waals surface area contributed by atoms with Gasteiger partial charge in [0, 0.05) is 24.0 Å². The Kier molecular flexibility index (Phi) is 4.45. The molecule has 1 aliphatic heterocycles. The SMILES string of the molecule is CCCC1CCCCN1c1ccc(N)cc1C(F)(F)F. The molecule has 1 aromatic carbocycles. The monoisotopic (exact) mass is 286 g/mol. The van der Waals surface area contributed by atoms with Crippen molar-refractivity contribution in [1.82, 2.24) is 0 Å². The topological polar surface area (TPSA) is 29.3 Å². The van der Waals surface area contributed by atoms with Crippen LogP contribution in [0.25, 0.3) is 0 Å². The first-order valence-electron chi connectivity index (χ1n) is 7.17. The van der Waals surface area contributed by atoms with Crippen LogP contribution >= 0.6 is 0 Å². The molecular weight excluding hydrogens is 265 g/mol. The number of rotatable bonds is 3. The first-order chi connectivity index (χ1) is 9.43. The van der Waals surface area contributed by atoms with E-state index in [4.69, 9.17) is 5.73 Å². The quantitative estimate of drug-likeness (QED) is 0.832. The predicted octanol–water partition coefficient (Wildman–Crippen LogP) is 4.45. The second-order valence-electron chi connectivity index (χ2n) is 5.41. The maximum Gasteiger partial charge on any atom is 0.418 e. The Morgan fingerprint density at radius 2 is 2.05 bits per heavy atom. The van der Waals surface area contributed by atoms with E-state index in [1.54, 1.807) is 6.07 Å². The van der Waals surface area contributed by atoms with Gasteiger partial charge in [0.25, 0.3) is 0 Å². The van der Waals surface area contributed by atoms with Crippen molar-refractivity contribution in [2.45, 2.75) is 51.2 Å². The van der Waals surface area contributed by atoms with Crippen molar-refractivity contribution >= 4 is 11.4 Å². The molecular formula is C15H21F3N2. The lowest BCUT2D eigenvalue weighted by atomic mass is 9.96. The highest BCUT2D eigenvalue weighted by Crippen LogP contribution is 2.40. The fourth-order valence-electron chi connectivity index (χ4n) is 2.98. The lowest BCUT2D eigenvalue weighted by Crippen LogP contribution is -2.40. The zero-order chi connectivity index (χ0) is 14.8. The molecule has 1 heterocycles. The van der Waals surface area contributed by atoms with Gasteiger partial charge in [0.2, 0.25) is 0 Å². The van der Waals surface area contributed by atoms with Crippen LogP contribution in [0.2, 0.25) is 0 Å². The van der Waals surface area contributed by atoms with Crippen LogP contribution in [0.3, 0.4) is 0 Å². The van der Waals surface area contributed by atoms with Crippen molar-refractivity contribution < 1.29 is 13.2 Å². The van der Waals surface area contributed by atoms with Gasteiger partial charge in [-0.25, -0.2) is 0 Å². The summed E-state index contributed by atoms with van der Waals surface area (Å²) in [6.07, 6.45) is 0.562. The fourth-order valence-corrected chi connectivity index (χ4v) is 2.98. The van der Waals surface area contributed by atoms with Gasteiger partial charge in [0.15, 0.2) is 0 Å². The Bertz CT molecular complexity index is 455. The van der Waals surface area contributed by atoms with Crippen molar-refractivity contribution in [3.8, 4) is 0 Å². The van der Waals surface area contributed by atoms with Gasteiger partial charge < -0.3 is 10.6 Å². The Morgan fingerprint density at radius 1 is 1.30 bits per heavy atom. The van der Waals surface area contributed by atoms with E-state index < -0.39 is 11.7 Å². The summed E-state index contributed by atoms with van der Waals surface area (Å²) in [5, 5.41) is 0. The first kappa shape index (κ1) is 15.0. The summed E-state index contributed by atoms with van der Waals surface area (Å²) < 4.78 is 39.6. The number of alkyl halides is 3. The first-order valence-corrected chi connectivity index (χ1v) is 7.17. The van der Waals surface area contributed by atoms with Gasteiger partial charge in [-0.1, -0.05) is 13.3 Å². The van der Waals surface area contributed by atoms with Crippen molar-refractivity contribution in [2.75, 3.05) is 17.2 Å². The van der Waals surface area contributed by atoms with E-state index in [2.05, 4.69) is 6.92 Å². The maximum atomic E-state index is 13.2. The van der Waals surface area contributed by atoms with Crippen molar-refractivity contribution in [1.29, 1.82) is 0 Å². The van der Waals surface area contributed by atoms with Crippen LogP contribution in [0, 0.1) is 0 Å². The second kappa shape index (κ2) is 5.94. The van der Waals surface area contributed by atoms with E-state index in [1.165, 1.54) is 6.07 Å². The zero-order valence-electron chi connectivity index (χ0n) is 11.7. The van der Waals surface area contributed by atoms with Gasteiger partial charge in [-0.15, -0.1) is 0 Å². The van der Waals surface area contributed by atoms with Crippen LogP contribution in [0.4, 0.5) is 24.5 Å². The molecule has 0 spiro atoms. The number of nitrogens with two attached hydrogens (primary N) is 1. The summed E-state index contributed by atoms with van der Waals surface area (Å²) in [5.74, 6) is 0. The summed E-state index contributed by atoms with van der Waals surface area (Å²) in [7, 11) is 0. The third-order valence-electron chi connectivity index (χ3n) is 3.88. The maximum absolute atomic E-state index is 13.2. The van der Waals surface area contributed by atoms with Crippen molar-refractivity contribution in [3.05, 3.63) is 23.8 Å². The lowest BCUT2D eigenvalue weighted by molar-refractivity contribution is -0.137. The second-order valence-corrected chi connectivity index (χ2v) is 5.41. The van der Waals surface area contributed by atoms with E-state index in [-0.39, 0.29) is 17.4 Å². The number of piperidine rings is 1. The molecule has 5 heteroatoms. The highest BCUT2D eigenvalue weighted by atomic mass is 19.4. The Morgan fingerprint density at radius 3 is 2.70 bits per heavy atom. The molecule has 112 valence electrons. The minimum absolute atomic E-state index is 0.158. The number of nitrogens with zero attached hydrogens (tertiary/aromatic N) is 1. The highest BCUT2D eigenvalue weighted by molar-refractivity contribution is 5.61. The average molecular weight is 286 g/mol. The molecule has 2 N–H and O–H groups in total. The van der Waals surface area contributed by atoms with Crippen molar-refractivity contribution in [3.63, 3.8) is 0 Å². The molecule has 0 amide bonds. The molecule has 1 atom stereocenters. The molecule has 0 bridgehead atoms. The molecule has 1 fully saturated rings. The summed E-state index contributed by atoms with van der Waals surface area (Å²) in [6.45, 7) is 2.76. The van der Waals surface area contributed by atoms with Gasteiger partial charge in [0.1, 0.15) is 0 Å². The normalized spacial score (nSPS) is 20.2. The number of halogens is 3. The highest BCUT2D eigenvalue weighted by Gasteiger charge is 2.36. The number of hydrogen-bond donors (Lipinski definition) is 1. The minimum Gasteiger partial charge on any atom is -0.399 e. The summed E-state index contributed by atoms with van der Waals surface area (Å²) >= 11 is 0. The standard InChI is InChI=1S/C15H21F3N2/c1-2-5-12-6-3-4-9-20(12)14-8-7-11(19)10-13(14)15(16,17)18/h7-8,10,12H,2-6,9,19H2,1H3.